The minimum atomic E-state index is -0.211. The molecule has 1 heterocycles. The molecule has 0 saturated carbocycles. The lowest BCUT2D eigenvalue weighted by atomic mass is 10.0. The van der Waals surface area contributed by atoms with Crippen LogP contribution in [-0.4, -0.2) is 33.7 Å². The Kier molecular flexibility index (Phi) is 4.41. The van der Waals surface area contributed by atoms with E-state index in [4.69, 9.17) is 24.7 Å². The van der Waals surface area contributed by atoms with E-state index >= 15 is 0 Å². The van der Waals surface area contributed by atoms with Gasteiger partial charge in [-0.25, -0.2) is 0 Å². The Morgan fingerprint density at radius 3 is 2.22 bits per heavy atom. The minimum absolute atomic E-state index is 0.169. The molecule has 0 aliphatic carbocycles. The van der Waals surface area contributed by atoms with Crippen LogP contribution in [-0.2, 0) is 9.47 Å². The van der Waals surface area contributed by atoms with Gasteiger partial charge >= 0.3 is 0 Å². The van der Waals surface area contributed by atoms with Crippen molar-refractivity contribution in [3.05, 3.63) is 23.8 Å². The molecule has 1 aromatic rings. The lowest BCUT2D eigenvalue weighted by Crippen LogP contribution is -2.19. The predicted octanol–water partition coefficient (Wildman–Crippen LogP) is 1.47. The van der Waals surface area contributed by atoms with E-state index in [1.807, 2.05) is 18.2 Å². The summed E-state index contributed by atoms with van der Waals surface area (Å²) in [6.45, 7) is 1.28. The normalized spacial score (nSPS) is 17.7. The van der Waals surface area contributed by atoms with Crippen molar-refractivity contribution < 1.29 is 18.9 Å². The molecule has 5 nitrogen and oxygen atoms in total. The Morgan fingerprint density at radius 1 is 1.17 bits per heavy atom. The van der Waals surface area contributed by atoms with Crippen LogP contribution in [0, 0.1) is 0 Å². The molecule has 1 saturated heterocycles. The first-order valence-electron chi connectivity index (χ1n) is 5.94. The van der Waals surface area contributed by atoms with Crippen LogP contribution in [0.25, 0.3) is 0 Å². The summed E-state index contributed by atoms with van der Waals surface area (Å²) in [7, 11) is 3.24. The number of methoxy groups -OCH3 is 2. The van der Waals surface area contributed by atoms with Gasteiger partial charge in [0.05, 0.1) is 27.4 Å². The molecule has 5 heteroatoms. The standard InChI is InChI=1S/C13H19NO4/c1-15-10-5-9(6-11(7-10)16-2)12(14)8-13-17-3-4-18-13/h5-7,12-13H,3-4,8,14H2,1-2H3. The third-order valence-corrected chi connectivity index (χ3v) is 2.94. The number of hydrogen-bond acceptors (Lipinski definition) is 5. The van der Waals surface area contributed by atoms with E-state index < -0.39 is 0 Å². The fourth-order valence-electron chi connectivity index (χ4n) is 1.93. The lowest BCUT2D eigenvalue weighted by Gasteiger charge is -2.17. The summed E-state index contributed by atoms with van der Waals surface area (Å²) >= 11 is 0. The van der Waals surface area contributed by atoms with Crippen molar-refractivity contribution in [1.29, 1.82) is 0 Å². The Bertz CT molecular complexity index is 368. The monoisotopic (exact) mass is 253 g/mol. The predicted molar refractivity (Wildman–Crippen MR) is 66.8 cm³/mol. The van der Waals surface area contributed by atoms with E-state index in [1.54, 1.807) is 14.2 Å². The molecule has 2 N–H and O–H groups in total. The second-order valence-electron chi connectivity index (χ2n) is 4.16. The highest BCUT2D eigenvalue weighted by atomic mass is 16.7. The topological polar surface area (TPSA) is 62.9 Å². The summed E-state index contributed by atoms with van der Waals surface area (Å²) in [5, 5.41) is 0. The highest BCUT2D eigenvalue weighted by Gasteiger charge is 2.21. The van der Waals surface area contributed by atoms with Gasteiger partial charge in [-0.15, -0.1) is 0 Å². The van der Waals surface area contributed by atoms with E-state index in [9.17, 15) is 0 Å². The summed E-state index contributed by atoms with van der Waals surface area (Å²) in [4.78, 5) is 0. The van der Waals surface area contributed by atoms with Crippen molar-refractivity contribution in [3.63, 3.8) is 0 Å². The van der Waals surface area contributed by atoms with Gasteiger partial charge in [-0.05, 0) is 17.7 Å². The van der Waals surface area contributed by atoms with Gasteiger partial charge in [0.15, 0.2) is 6.29 Å². The van der Waals surface area contributed by atoms with E-state index in [-0.39, 0.29) is 12.3 Å². The Balaban J connectivity index is 2.09. The molecule has 0 bridgehead atoms. The maximum Gasteiger partial charge on any atom is 0.159 e. The number of ether oxygens (including phenoxy) is 4. The van der Waals surface area contributed by atoms with E-state index in [0.29, 0.717) is 19.6 Å². The quantitative estimate of drug-likeness (QED) is 0.861. The summed E-state index contributed by atoms with van der Waals surface area (Å²) in [5.41, 5.74) is 7.10. The SMILES string of the molecule is COc1cc(OC)cc(C(N)CC2OCCO2)c1. The Morgan fingerprint density at radius 2 is 1.72 bits per heavy atom. The summed E-state index contributed by atoms with van der Waals surface area (Å²) in [6, 6.07) is 5.46. The molecule has 1 aliphatic rings. The van der Waals surface area contributed by atoms with Crippen LogP contribution in [0.15, 0.2) is 18.2 Å². The van der Waals surface area contributed by atoms with Crippen LogP contribution < -0.4 is 15.2 Å². The van der Waals surface area contributed by atoms with Crippen molar-refractivity contribution in [1.82, 2.24) is 0 Å². The first-order valence-corrected chi connectivity index (χ1v) is 5.94. The van der Waals surface area contributed by atoms with E-state index in [0.717, 1.165) is 17.1 Å². The molecule has 1 aromatic carbocycles. The van der Waals surface area contributed by atoms with Crippen molar-refractivity contribution in [2.45, 2.75) is 18.8 Å². The van der Waals surface area contributed by atoms with E-state index in [2.05, 4.69) is 0 Å². The highest BCUT2D eigenvalue weighted by Crippen LogP contribution is 2.28. The van der Waals surface area contributed by atoms with Crippen molar-refractivity contribution >= 4 is 0 Å². The first-order chi connectivity index (χ1) is 8.72. The van der Waals surface area contributed by atoms with Gasteiger partial charge in [-0.1, -0.05) is 0 Å². The maximum atomic E-state index is 6.15. The molecular weight excluding hydrogens is 234 g/mol. The zero-order valence-electron chi connectivity index (χ0n) is 10.7. The second-order valence-corrected chi connectivity index (χ2v) is 4.16. The average Bonchev–Trinajstić information content (AvgIpc) is 2.90. The molecule has 0 spiro atoms. The third kappa shape index (κ3) is 3.13. The fraction of sp³-hybridized carbons (Fsp3) is 0.538. The largest absolute Gasteiger partial charge is 0.497 e. The molecule has 100 valence electrons. The first kappa shape index (κ1) is 13.1. The van der Waals surface area contributed by atoms with Gasteiger partial charge in [0.25, 0.3) is 0 Å². The van der Waals surface area contributed by atoms with Gasteiger partial charge in [-0.2, -0.15) is 0 Å². The zero-order valence-corrected chi connectivity index (χ0v) is 10.7. The molecule has 1 atom stereocenters. The molecule has 1 aliphatic heterocycles. The van der Waals surface area contributed by atoms with Crippen LogP contribution in [0.4, 0.5) is 0 Å². The summed E-state index contributed by atoms with van der Waals surface area (Å²) < 4.78 is 21.2. The van der Waals surface area contributed by atoms with Crippen LogP contribution in [0.2, 0.25) is 0 Å². The van der Waals surface area contributed by atoms with Crippen molar-refractivity contribution in [2.75, 3.05) is 27.4 Å². The summed E-state index contributed by atoms with van der Waals surface area (Å²) in [5.74, 6) is 1.46. The molecule has 0 radical (unpaired) electrons. The smallest absolute Gasteiger partial charge is 0.159 e. The number of nitrogens with two attached hydrogens (primary N) is 1. The molecular formula is C13H19NO4. The fourth-order valence-corrected chi connectivity index (χ4v) is 1.93. The summed E-state index contributed by atoms with van der Waals surface area (Å²) in [6.07, 6.45) is 0.410. The molecule has 1 unspecified atom stereocenters. The molecule has 2 rings (SSSR count). The van der Waals surface area contributed by atoms with Gasteiger partial charge in [0.1, 0.15) is 11.5 Å². The molecule has 0 amide bonds. The average molecular weight is 253 g/mol. The van der Waals surface area contributed by atoms with E-state index in [1.165, 1.54) is 0 Å². The van der Waals surface area contributed by atoms with Crippen molar-refractivity contribution in [2.24, 2.45) is 5.73 Å². The number of benzene rings is 1. The van der Waals surface area contributed by atoms with Gasteiger partial charge < -0.3 is 24.7 Å². The number of rotatable bonds is 5. The van der Waals surface area contributed by atoms with Crippen LogP contribution in [0.3, 0.4) is 0 Å². The maximum absolute atomic E-state index is 6.15. The molecule has 0 aromatic heterocycles. The zero-order chi connectivity index (χ0) is 13.0. The highest BCUT2D eigenvalue weighted by molar-refractivity contribution is 5.39. The van der Waals surface area contributed by atoms with Crippen LogP contribution >= 0.6 is 0 Å². The Hall–Kier alpha value is -1.30. The molecule has 1 fully saturated rings. The Labute approximate surface area is 107 Å². The number of hydrogen-bond donors (Lipinski definition) is 1. The van der Waals surface area contributed by atoms with Gasteiger partial charge in [0.2, 0.25) is 0 Å². The van der Waals surface area contributed by atoms with Gasteiger partial charge in [-0.3, -0.25) is 0 Å². The molecule has 18 heavy (non-hydrogen) atoms. The second kappa shape index (κ2) is 6.04. The minimum Gasteiger partial charge on any atom is -0.497 e. The van der Waals surface area contributed by atoms with Crippen LogP contribution in [0.5, 0.6) is 11.5 Å². The third-order valence-electron chi connectivity index (χ3n) is 2.94. The van der Waals surface area contributed by atoms with Gasteiger partial charge in [0, 0.05) is 18.5 Å². The lowest BCUT2D eigenvalue weighted by molar-refractivity contribution is -0.0507. The van der Waals surface area contributed by atoms with Crippen molar-refractivity contribution in [3.8, 4) is 11.5 Å². The van der Waals surface area contributed by atoms with Crippen LogP contribution in [0.1, 0.15) is 18.0 Å².